The maximum atomic E-state index is 12.0. The van der Waals surface area contributed by atoms with E-state index in [1.54, 1.807) is 0 Å². The number of aliphatic carboxylic acids is 1. The molecule has 5 heteroatoms. The van der Waals surface area contributed by atoms with Crippen LogP contribution >= 0.6 is 0 Å². The van der Waals surface area contributed by atoms with Crippen molar-refractivity contribution in [2.24, 2.45) is 5.41 Å². The van der Waals surface area contributed by atoms with Crippen LogP contribution in [0.15, 0.2) is 0 Å². The average Bonchev–Trinajstić information content (AvgIpc) is 2.63. The molecule has 0 aromatic rings. The first-order valence-corrected chi connectivity index (χ1v) is 7.68. The minimum absolute atomic E-state index is 0.0289. The Bertz CT molecular complexity index is 322. The lowest BCUT2D eigenvalue weighted by Crippen LogP contribution is -2.39. The molecule has 20 heavy (non-hydrogen) atoms. The summed E-state index contributed by atoms with van der Waals surface area (Å²) in [5, 5.41) is 21.7. The lowest BCUT2D eigenvalue weighted by Gasteiger charge is -2.27. The lowest BCUT2D eigenvalue weighted by atomic mass is 9.77. The van der Waals surface area contributed by atoms with E-state index in [0.717, 1.165) is 32.1 Å². The molecular weight excluding hydrogens is 258 g/mol. The van der Waals surface area contributed by atoms with E-state index in [0.29, 0.717) is 19.3 Å². The summed E-state index contributed by atoms with van der Waals surface area (Å²) in [7, 11) is 0. The highest BCUT2D eigenvalue weighted by Gasteiger charge is 2.40. The molecule has 3 N–H and O–H groups in total. The number of carbonyl (C=O) groups is 2. The monoisotopic (exact) mass is 285 g/mol. The number of aliphatic hydroxyl groups excluding tert-OH is 1. The first-order valence-electron chi connectivity index (χ1n) is 7.68. The van der Waals surface area contributed by atoms with Gasteiger partial charge in [-0.15, -0.1) is 0 Å². The number of hydrogen-bond acceptors (Lipinski definition) is 3. The highest BCUT2D eigenvalue weighted by molar-refractivity contribution is 5.85. The summed E-state index contributed by atoms with van der Waals surface area (Å²) >= 11 is 0. The molecule has 5 nitrogen and oxygen atoms in total. The van der Waals surface area contributed by atoms with Crippen LogP contribution in [-0.2, 0) is 9.59 Å². The zero-order valence-electron chi connectivity index (χ0n) is 12.4. The molecule has 1 atom stereocenters. The zero-order valence-corrected chi connectivity index (χ0v) is 12.4. The van der Waals surface area contributed by atoms with E-state index >= 15 is 0 Å². The van der Waals surface area contributed by atoms with Crippen LogP contribution < -0.4 is 5.32 Å². The molecule has 0 bridgehead atoms. The molecule has 0 saturated heterocycles. The van der Waals surface area contributed by atoms with Gasteiger partial charge in [0.15, 0.2) is 0 Å². The van der Waals surface area contributed by atoms with E-state index in [1.807, 2.05) is 6.92 Å². The summed E-state index contributed by atoms with van der Waals surface area (Å²) in [4.78, 5) is 23.5. The largest absolute Gasteiger partial charge is 0.481 e. The number of aliphatic hydroxyl groups is 1. The van der Waals surface area contributed by atoms with Crippen molar-refractivity contribution in [1.29, 1.82) is 0 Å². The molecule has 116 valence electrons. The van der Waals surface area contributed by atoms with Crippen molar-refractivity contribution in [3.05, 3.63) is 0 Å². The van der Waals surface area contributed by atoms with Gasteiger partial charge in [0.2, 0.25) is 5.91 Å². The quantitative estimate of drug-likeness (QED) is 0.625. The summed E-state index contributed by atoms with van der Waals surface area (Å²) in [5.74, 6) is -1.12. The van der Waals surface area contributed by atoms with Crippen LogP contribution in [0, 0.1) is 5.41 Å². The van der Waals surface area contributed by atoms with Crippen molar-refractivity contribution in [2.45, 2.75) is 70.8 Å². The Morgan fingerprint density at radius 2 is 1.80 bits per heavy atom. The van der Waals surface area contributed by atoms with E-state index in [2.05, 4.69) is 5.32 Å². The number of rotatable bonds is 7. The zero-order chi connectivity index (χ0) is 15.0. The lowest BCUT2D eigenvalue weighted by molar-refractivity contribution is -0.153. The number of carbonyl (C=O) groups excluding carboxylic acids is 1. The fourth-order valence-corrected chi connectivity index (χ4v) is 2.91. The van der Waals surface area contributed by atoms with E-state index in [-0.39, 0.29) is 18.9 Å². The van der Waals surface area contributed by atoms with Crippen molar-refractivity contribution in [3.8, 4) is 0 Å². The molecule has 1 saturated carbocycles. The molecule has 0 heterocycles. The molecule has 1 aliphatic rings. The van der Waals surface area contributed by atoms with Gasteiger partial charge >= 0.3 is 5.97 Å². The number of nitrogens with one attached hydrogen (secondary N) is 1. The average molecular weight is 285 g/mol. The third-order valence-electron chi connectivity index (χ3n) is 4.17. The van der Waals surface area contributed by atoms with Crippen LogP contribution in [0.5, 0.6) is 0 Å². The van der Waals surface area contributed by atoms with Crippen LogP contribution in [0.3, 0.4) is 0 Å². The standard InChI is InChI=1S/C15H27NO4/c1-2-7-12(17)11-16-13(18)10-15(14(19)20)8-5-3-4-6-9-15/h12,17H,2-11H2,1H3,(H,16,18)(H,19,20). The first kappa shape index (κ1) is 17.0. The second kappa shape index (κ2) is 8.25. The van der Waals surface area contributed by atoms with Gasteiger partial charge in [-0.25, -0.2) is 0 Å². The third-order valence-corrected chi connectivity index (χ3v) is 4.17. The van der Waals surface area contributed by atoms with Crippen LogP contribution in [0.4, 0.5) is 0 Å². The van der Waals surface area contributed by atoms with E-state index in [9.17, 15) is 19.8 Å². The minimum atomic E-state index is -0.906. The number of amides is 1. The highest BCUT2D eigenvalue weighted by Crippen LogP contribution is 2.38. The molecule has 1 fully saturated rings. The Labute approximate surface area is 120 Å². The smallest absolute Gasteiger partial charge is 0.310 e. The SMILES string of the molecule is CCCC(O)CNC(=O)CC1(C(=O)O)CCCCCC1. The Hall–Kier alpha value is -1.10. The molecule has 1 unspecified atom stereocenters. The summed E-state index contributed by atoms with van der Waals surface area (Å²) in [6.45, 7) is 2.18. The maximum Gasteiger partial charge on any atom is 0.310 e. The number of hydrogen-bond donors (Lipinski definition) is 3. The van der Waals surface area contributed by atoms with Crippen molar-refractivity contribution in [2.75, 3.05) is 6.54 Å². The predicted molar refractivity (Wildman–Crippen MR) is 76.3 cm³/mol. The summed E-state index contributed by atoms with van der Waals surface area (Å²) in [6.07, 6.45) is 5.98. The van der Waals surface area contributed by atoms with Crippen LogP contribution in [0.25, 0.3) is 0 Å². The molecule has 1 rings (SSSR count). The van der Waals surface area contributed by atoms with Gasteiger partial charge in [-0.1, -0.05) is 39.0 Å². The molecule has 0 aromatic carbocycles. The summed E-state index contributed by atoms with van der Waals surface area (Å²) in [5.41, 5.74) is -0.906. The van der Waals surface area contributed by atoms with E-state index in [1.165, 1.54) is 0 Å². The molecule has 1 amide bonds. The second-order valence-electron chi connectivity index (χ2n) is 5.92. The normalized spacial score (nSPS) is 19.9. The highest BCUT2D eigenvalue weighted by atomic mass is 16.4. The van der Waals surface area contributed by atoms with Crippen molar-refractivity contribution < 1.29 is 19.8 Å². The van der Waals surface area contributed by atoms with Gasteiger partial charge in [0, 0.05) is 13.0 Å². The number of carboxylic acid groups (broad SMARTS) is 1. The molecule has 0 spiro atoms. The predicted octanol–water partition coefficient (Wildman–Crippen LogP) is 2.08. The van der Waals surface area contributed by atoms with Gasteiger partial charge in [0.25, 0.3) is 0 Å². The minimum Gasteiger partial charge on any atom is -0.481 e. The Morgan fingerprint density at radius 3 is 2.30 bits per heavy atom. The Kier molecular flexibility index (Phi) is 6.99. The molecule has 0 aromatic heterocycles. The van der Waals surface area contributed by atoms with Gasteiger partial charge < -0.3 is 15.5 Å². The Balaban J connectivity index is 2.52. The topological polar surface area (TPSA) is 86.6 Å². The fraction of sp³-hybridized carbons (Fsp3) is 0.867. The van der Waals surface area contributed by atoms with Crippen molar-refractivity contribution in [1.82, 2.24) is 5.32 Å². The first-order chi connectivity index (χ1) is 9.50. The van der Waals surface area contributed by atoms with Crippen LogP contribution in [0.1, 0.15) is 64.7 Å². The molecular formula is C15H27NO4. The van der Waals surface area contributed by atoms with Crippen molar-refractivity contribution >= 4 is 11.9 Å². The summed E-state index contributed by atoms with van der Waals surface area (Å²) in [6, 6.07) is 0. The van der Waals surface area contributed by atoms with E-state index < -0.39 is 17.5 Å². The maximum absolute atomic E-state index is 12.0. The van der Waals surface area contributed by atoms with E-state index in [4.69, 9.17) is 0 Å². The number of carboxylic acids is 1. The third kappa shape index (κ3) is 5.12. The summed E-state index contributed by atoms with van der Waals surface area (Å²) < 4.78 is 0. The van der Waals surface area contributed by atoms with Crippen LogP contribution in [0.2, 0.25) is 0 Å². The molecule has 1 aliphatic carbocycles. The van der Waals surface area contributed by atoms with Gasteiger partial charge in [-0.3, -0.25) is 9.59 Å². The van der Waals surface area contributed by atoms with Gasteiger partial charge in [-0.2, -0.15) is 0 Å². The van der Waals surface area contributed by atoms with Gasteiger partial charge in [0.05, 0.1) is 11.5 Å². The molecule has 0 radical (unpaired) electrons. The van der Waals surface area contributed by atoms with Crippen molar-refractivity contribution in [3.63, 3.8) is 0 Å². The Morgan fingerprint density at radius 1 is 1.20 bits per heavy atom. The second-order valence-corrected chi connectivity index (χ2v) is 5.92. The van der Waals surface area contributed by atoms with Crippen LogP contribution in [-0.4, -0.2) is 34.7 Å². The van der Waals surface area contributed by atoms with Gasteiger partial charge in [-0.05, 0) is 19.3 Å². The van der Waals surface area contributed by atoms with Gasteiger partial charge in [0.1, 0.15) is 0 Å². The fourth-order valence-electron chi connectivity index (χ4n) is 2.91. The molecule has 0 aliphatic heterocycles.